The fourth-order valence-corrected chi connectivity index (χ4v) is 4.79. The molecule has 0 unspecified atom stereocenters. The van der Waals surface area contributed by atoms with Gasteiger partial charge in [0.25, 0.3) is 0 Å². The number of hydrogen-bond acceptors (Lipinski definition) is 4. The van der Waals surface area contributed by atoms with Crippen LogP contribution in [0.15, 0.2) is 91.0 Å². The Hall–Kier alpha value is -4.46. The van der Waals surface area contributed by atoms with Gasteiger partial charge >= 0.3 is 6.18 Å². The van der Waals surface area contributed by atoms with Crippen LogP contribution in [-0.4, -0.2) is 47.0 Å². The second kappa shape index (κ2) is 11.7. The highest BCUT2D eigenvalue weighted by Gasteiger charge is 2.31. The van der Waals surface area contributed by atoms with Gasteiger partial charge in [0.2, 0.25) is 5.91 Å². The number of nitrogens with zero attached hydrogens (tertiary/aromatic N) is 4. The first-order valence-electron chi connectivity index (χ1n) is 13.1. The lowest BCUT2D eigenvalue weighted by molar-refractivity contribution is -0.137. The maximum atomic E-state index is 13.4. The van der Waals surface area contributed by atoms with Gasteiger partial charge in [-0.15, -0.1) is 0 Å². The molecule has 0 radical (unpaired) electrons. The number of benzene rings is 3. The molecule has 3 aromatic carbocycles. The Balaban J connectivity index is 1.42. The number of halogens is 3. The van der Waals surface area contributed by atoms with Crippen LogP contribution in [0.25, 0.3) is 17.5 Å². The zero-order chi connectivity index (χ0) is 28.1. The SMILES string of the molecule is Cc1nc(-c2cccc(C(F)(F)F)c2)nc(N2CCN(C(=O)/C=C/c3ccccc3)CC2)c1Cc1ccccc1. The lowest BCUT2D eigenvalue weighted by Crippen LogP contribution is -2.49. The number of piperazine rings is 1. The zero-order valence-electron chi connectivity index (χ0n) is 22.1. The molecule has 0 aliphatic carbocycles. The van der Waals surface area contributed by atoms with Gasteiger partial charge in [-0.25, -0.2) is 9.97 Å². The predicted octanol–water partition coefficient (Wildman–Crippen LogP) is 6.42. The molecule has 0 saturated carbocycles. The van der Waals surface area contributed by atoms with E-state index in [1.54, 1.807) is 17.0 Å². The summed E-state index contributed by atoms with van der Waals surface area (Å²) in [5.41, 5.74) is 3.25. The van der Waals surface area contributed by atoms with Crippen molar-refractivity contribution in [2.75, 3.05) is 31.1 Å². The van der Waals surface area contributed by atoms with Gasteiger partial charge in [-0.2, -0.15) is 13.2 Å². The molecule has 1 amide bonds. The van der Waals surface area contributed by atoms with Gasteiger partial charge in [-0.3, -0.25) is 4.79 Å². The van der Waals surface area contributed by atoms with Gasteiger partial charge in [-0.05, 0) is 36.3 Å². The first-order chi connectivity index (χ1) is 19.3. The van der Waals surface area contributed by atoms with E-state index in [0.717, 1.165) is 28.8 Å². The average molecular weight is 543 g/mol. The van der Waals surface area contributed by atoms with Crippen molar-refractivity contribution in [2.24, 2.45) is 0 Å². The van der Waals surface area contributed by atoms with E-state index >= 15 is 0 Å². The summed E-state index contributed by atoms with van der Waals surface area (Å²) in [5.74, 6) is 0.881. The van der Waals surface area contributed by atoms with Crippen molar-refractivity contribution in [1.82, 2.24) is 14.9 Å². The van der Waals surface area contributed by atoms with E-state index in [1.807, 2.05) is 73.7 Å². The number of carbonyl (C=O) groups excluding carboxylic acids is 1. The van der Waals surface area contributed by atoms with Crippen molar-refractivity contribution >= 4 is 17.8 Å². The quantitative estimate of drug-likeness (QED) is 0.264. The Morgan fingerprint density at radius 3 is 2.23 bits per heavy atom. The fraction of sp³-hybridized carbons (Fsp3) is 0.219. The second-order valence-corrected chi connectivity index (χ2v) is 9.73. The first kappa shape index (κ1) is 27.1. The maximum Gasteiger partial charge on any atom is 0.416 e. The van der Waals surface area contributed by atoms with Crippen LogP contribution in [0.3, 0.4) is 0 Å². The summed E-state index contributed by atoms with van der Waals surface area (Å²) in [6.45, 7) is 3.97. The van der Waals surface area contributed by atoms with Crippen LogP contribution < -0.4 is 4.90 Å². The summed E-state index contributed by atoms with van der Waals surface area (Å²) in [4.78, 5) is 26.2. The Morgan fingerprint density at radius 1 is 0.875 bits per heavy atom. The molecule has 0 spiro atoms. The highest BCUT2D eigenvalue weighted by molar-refractivity contribution is 5.92. The van der Waals surface area contributed by atoms with Crippen LogP contribution >= 0.6 is 0 Å². The monoisotopic (exact) mass is 542 g/mol. The van der Waals surface area contributed by atoms with Crippen molar-refractivity contribution in [3.63, 3.8) is 0 Å². The summed E-state index contributed by atoms with van der Waals surface area (Å²) in [5, 5.41) is 0. The second-order valence-electron chi connectivity index (χ2n) is 9.73. The van der Waals surface area contributed by atoms with E-state index in [2.05, 4.69) is 9.88 Å². The Bertz CT molecular complexity index is 1500. The Morgan fingerprint density at radius 2 is 1.55 bits per heavy atom. The highest BCUT2D eigenvalue weighted by atomic mass is 19.4. The minimum Gasteiger partial charge on any atom is -0.353 e. The van der Waals surface area contributed by atoms with Crippen LogP contribution in [0, 0.1) is 6.92 Å². The molecule has 0 N–H and O–H groups in total. The van der Waals surface area contributed by atoms with E-state index in [0.29, 0.717) is 49.7 Å². The molecule has 1 fully saturated rings. The number of hydrogen-bond donors (Lipinski definition) is 0. The predicted molar refractivity (Wildman–Crippen MR) is 151 cm³/mol. The lowest BCUT2D eigenvalue weighted by atomic mass is 10.0. The number of amides is 1. The molecule has 5 nitrogen and oxygen atoms in total. The topological polar surface area (TPSA) is 49.3 Å². The molecule has 1 aliphatic heterocycles. The van der Waals surface area contributed by atoms with Gasteiger partial charge in [0.05, 0.1) is 5.56 Å². The van der Waals surface area contributed by atoms with Gasteiger partial charge in [0.1, 0.15) is 5.82 Å². The number of aromatic nitrogens is 2. The molecule has 2 heterocycles. The summed E-state index contributed by atoms with van der Waals surface area (Å²) in [7, 11) is 0. The standard InChI is InChI=1S/C32H29F3N4O/c1-23-28(21-25-11-6-3-7-12-25)31(37-30(36-23)26-13-8-14-27(22-26)32(33,34)35)39-19-17-38(18-20-39)29(40)16-15-24-9-4-2-5-10-24/h2-16,22H,17-21H2,1H3/b16-15+. The smallest absolute Gasteiger partial charge is 0.353 e. The van der Waals surface area contributed by atoms with Crippen molar-refractivity contribution < 1.29 is 18.0 Å². The largest absolute Gasteiger partial charge is 0.416 e. The summed E-state index contributed by atoms with van der Waals surface area (Å²) < 4.78 is 40.2. The van der Waals surface area contributed by atoms with Crippen LogP contribution in [-0.2, 0) is 17.4 Å². The van der Waals surface area contributed by atoms with Crippen molar-refractivity contribution in [1.29, 1.82) is 0 Å². The first-order valence-corrected chi connectivity index (χ1v) is 13.1. The Labute approximate surface area is 231 Å². The Kier molecular flexibility index (Phi) is 7.96. The minimum atomic E-state index is -4.46. The van der Waals surface area contributed by atoms with Gasteiger partial charge < -0.3 is 9.80 Å². The third-order valence-electron chi connectivity index (χ3n) is 6.97. The fourth-order valence-electron chi connectivity index (χ4n) is 4.79. The van der Waals surface area contributed by atoms with Gasteiger partial charge in [0, 0.05) is 55.5 Å². The van der Waals surface area contributed by atoms with E-state index in [4.69, 9.17) is 4.98 Å². The van der Waals surface area contributed by atoms with E-state index in [9.17, 15) is 18.0 Å². The number of carbonyl (C=O) groups is 1. The molecular formula is C32H29F3N4O. The van der Waals surface area contributed by atoms with E-state index in [-0.39, 0.29) is 11.7 Å². The number of alkyl halides is 3. The van der Waals surface area contributed by atoms with Crippen molar-refractivity contribution in [3.05, 3.63) is 119 Å². The van der Waals surface area contributed by atoms with Crippen molar-refractivity contribution in [3.8, 4) is 11.4 Å². The number of aryl methyl sites for hydroxylation is 1. The molecule has 1 aliphatic rings. The molecule has 0 atom stereocenters. The molecule has 1 saturated heterocycles. The highest BCUT2D eigenvalue weighted by Crippen LogP contribution is 2.33. The van der Waals surface area contributed by atoms with Gasteiger partial charge in [-0.1, -0.05) is 72.8 Å². The minimum absolute atomic E-state index is 0.0588. The van der Waals surface area contributed by atoms with Crippen LogP contribution in [0.2, 0.25) is 0 Å². The summed E-state index contributed by atoms with van der Waals surface area (Å²) in [6.07, 6.45) is -0.475. The molecule has 0 bridgehead atoms. The molecule has 40 heavy (non-hydrogen) atoms. The molecule has 204 valence electrons. The van der Waals surface area contributed by atoms with Crippen LogP contribution in [0.4, 0.5) is 19.0 Å². The average Bonchev–Trinajstić information content (AvgIpc) is 2.97. The molecular weight excluding hydrogens is 513 g/mol. The number of anilines is 1. The van der Waals surface area contributed by atoms with Crippen molar-refractivity contribution in [2.45, 2.75) is 19.5 Å². The van der Waals surface area contributed by atoms with E-state index < -0.39 is 11.7 Å². The molecule has 5 rings (SSSR count). The van der Waals surface area contributed by atoms with Gasteiger partial charge in [0.15, 0.2) is 5.82 Å². The van der Waals surface area contributed by atoms with Crippen LogP contribution in [0.5, 0.6) is 0 Å². The van der Waals surface area contributed by atoms with E-state index in [1.165, 1.54) is 6.07 Å². The normalized spacial score (nSPS) is 14.1. The maximum absolute atomic E-state index is 13.4. The third kappa shape index (κ3) is 6.39. The number of rotatable bonds is 6. The summed E-state index contributed by atoms with van der Waals surface area (Å²) in [6, 6.07) is 24.7. The van der Waals surface area contributed by atoms with Crippen LogP contribution in [0.1, 0.15) is 27.9 Å². The third-order valence-corrected chi connectivity index (χ3v) is 6.97. The molecule has 4 aromatic rings. The lowest BCUT2D eigenvalue weighted by Gasteiger charge is -2.36. The summed E-state index contributed by atoms with van der Waals surface area (Å²) >= 11 is 0. The zero-order valence-corrected chi connectivity index (χ0v) is 22.1. The molecule has 1 aromatic heterocycles. The molecule has 8 heteroatoms.